The molecule has 4 aromatic rings. The van der Waals surface area contributed by atoms with E-state index in [4.69, 9.17) is 14.6 Å². The number of benzene rings is 3. The SMILES string of the molecule is CC(C)(C)c1cc(COc2ccccc2)n(Cc2ccc(COc3ccc(CCC(=O)[O-])c(F)c3)cc2)n1. The number of aromatic nitrogens is 2. The van der Waals surface area contributed by atoms with Crippen molar-refractivity contribution in [3.05, 3.63) is 113 Å². The van der Waals surface area contributed by atoms with Gasteiger partial charge in [0.1, 0.15) is 30.5 Å². The molecule has 0 aliphatic rings. The van der Waals surface area contributed by atoms with Gasteiger partial charge in [0, 0.05) is 17.5 Å². The van der Waals surface area contributed by atoms with Crippen LogP contribution in [0.3, 0.4) is 0 Å². The highest BCUT2D eigenvalue weighted by molar-refractivity contribution is 5.64. The van der Waals surface area contributed by atoms with Crippen molar-refractivity contribution < 1.29 is 23.8 Å². The first-order chi connectivity index (χ1) is 18.2. The first-order valence-corrected chi connectivity index (χ1v) is 12.6. The zero-order chi connectivity index (χ0) is 27.1. The fourth-order valence-corrected chi connectivity index (χ4v) is 3.89. The predicted molar refractivity (Wildman–Crippen MR) is 141 cm³/mol. The van der Waals surface area contributed by atoms with Gasteiger partial charge < -0.3 is 19.4 Å². The molecule has 3 aromatic carbocycles. The van der Waals surface area contributed by atoms with E-state index in [9.17, 15) is 14.3 Å². The Morgan fingerprint density at radius 3 is 2.24 bits per heavy atom. The van der Waals surface area contributed by atoms with Gasteiger partial charge in [-0.3, -0.25) is 4.68 Å². The molecule has 0 radical (unpaired) electrons. The molecule has 38 heavy (non-hydrogen) atoms. The molecule has 6 nitrogen and oxygen atoms in total. The second kappa shape index (κ2) is 11.9. The average molecular weight is 516 g/mol. The number of hydrogen-bond acceptors (Lipinski definition) is 5. The van der Waals surface area contributed by atoms with E-state index in [2.05, 4.69) is 26.8 Å². The molecular formula is C31H32FN2O4-. The highest BCUT2D eigenvalue weighted by Gasteiger charge is 2.20. The third kappa shape index (κ3) is 7.44. The molecule has 0 saturated heterocycles. The van der Waals surface area contributed by atoms with Crippen LogP contribution in [-0.2, 0) is 36.4 Å². The molecule has 0 aliphatic carbocycles. The van der Waals surface area contributed by atoms with E-state index in [1.165, 1.54) is 6.07 Å². The highest BCUT2D eigenvalue weighted by atomic mass is 19.1. The van der Waals surface area contributed by atoms with Crippen LogP contribution in [-0.4, -0.2) is 15.7 Å². The lowest BCUT2D eigenvalue weighted by Crippen LogP contribution is -2.22. The maximum absolute atomic E-state index is 14.2. The number of carboxylic acids is 1. The molecule has 0 unspecified atom stereocenters. The molecule has 0 fully saturated rings. The molecule has 1 aromatic heterocycles. The zero-order valence-corrected chi connectivity index (χ0v) is 21.9. The van der Waals surface area contributed by atoms with Gasteiger partial charge in [0.2, 0.25) is 0 Å². The Labute approximate surface area is 222 Å². The minimum absolute atomic E-state index is 0.0842. The Bertz CT molecular complexity index is 1360. The van der Waals surface area contributed by atoms with Crippen molar-refractivity contribution >= 4 is 5.97 Å². The van der Waals surface area contributed by atoms with Crippen LogP contribution in [0.2, 0.25) is 0 Å². The molecule has 7 heteroatoms. The van der Waals surface area contributed by atoms with Gasteiger partial charge in [0.15, 0.2) is 0 Å². The largest absolute Gasteiger partial charge is 0.550 e. The van der Waals surface area contributed by atoms with Gasteiger partial charge in [-0.15, -0.1) is 0 Å². The molecule has 0 amide bonds. The van der Waals surface area contributed by atoms with Crippen molar-refractivity contribution in [3.8, 4) is 11.5 Å². The van der Waals surface area contributed by atoms with Crippen LogP contribution in [0.15, 0.2) is 78.9 Å². The fraction of sp³-hybridized carbons (Fsp3) is 0.290. The Morgan fingerprint density at radius 1 is 0.895 bits per heavy atom. The molecule has 0 saturated carbocycles. The smallest absolute Gasteiger partial charge is 0.130 e. The van der Waals surface area contributed by atoms with Crippen LogP contribution < -0.4 is 14.6 Å². The standard InChI is InChI=1S/C31H33FN2O4/c1-31(2,3)29-17-25(21-38-26-7-5-4-6-8-26)34(33-29)19-22-9-11-23(12-10-22)20-37-27-15-13-24(28(32)18-27)14-16-30(35)36/h4-13,15,17-18H,14,16,19-21H2,1-3H3,(H,35,36)/p-1. The second-order valence-corrected chi connectivity index (χ2v) is 10.3. The predicted octanol–water partition coefficient (Wildman–Crippen LogP) is 5.21. The Morgan fingerprint density at radius 2 is 1.58 bits per heavy atom. The van der Waals surface area contributed by atoms with Crippen molar-refractivity contribution in [1.82, 2.24) is 9.78 Å². The molecule has 1 heterocycles. The Kier molecular flexibility index (Phi) is 8.46. The molecule has 0 atom stereocenters. The lowest BCUT2D eigenvalue weighted by Gasteiger charge is -2.14. The van der Waals surface area contributed by atoms with Crippen LogP contribution in [0.4, 0.5) is 4.39 Å². The maximum Gasteiger partial charge on any atom is 0.130 e. The monoisotopic (exact) mass is 515 g/mol. The van der Waals surface area contributed by atoms with Gasteiger partial charge in [0.25, 0.3) is 0 Å². The summed E-state index contributed by atoms with van der Waals surface area (Å²) in [5.74, 6) is -0.487. The number of para-hydroxylation sites is 1. The fourth-order valence-electron chi connectivity index (χ4n) is 3.89. The number of ether oxygens (including phenoxy) is 2. The van der Waals surface area contributed by atoms with E-state index < -0.39 is 11.8 Å². The van der Waals surface area contributed by atoms with Crippen molar-refractivity contribution in [1.29, 1.82) is 0 Å². The first-order valence-electron chi connectivity index (χ1n) is 12.6. The van der Waals surface area contributed by atoms with Crippen LogP contribution in [0.25, 0.3) is 0 Å². The minimum Gasteiger partial charge on any atom is -0.550 e. The van der Waals surface area contributed by atoms with Gasteiger partial charge >= 0.3 is 0 Å². The highest BCUT2D eigenvalue weighted by Crippen LogP contribution is 2.24. The lowest BCUT2D eigenvalue weighted by atomic mass is 9.92. The normalized spacial score (nSPS) is 11.4. The van der Waals surface area contributed by atoms with E-state index in [-0.39, 0.29) is 24.9 Å². The molecule has 198 valence electrons. The summed E-state index contributed by atoms with van der Waals surface area (Å²) in [7, 11) is 0. The molecule has 0 aliphatic heterocycles. The van der Waals surface area contributed by atoms with E-state index in [1.54, 1.807) is 12.1 Å². The first kappa shape index (κ1) is 26.9. The lowest BCUT2D eigenvalue weighted by molar-refractivity contribution is -0.305. The average Bonchev–Trinajstić information content (AvgIpc) is 3.30. The number of carboxylic acid groups (broad SMARTS) is 1. The number of aliphatic carboxylic acids is 1. The third-order valence-electron chi connectivity index (χ3n) is 6.15. The summed E-state index contributed by atoms with van der Waals surface area (Å²) in [6.07, 6.45) is -0.134. The summed E-state index contributed by atoms with van der Waals surface area (Å²) >= 11 is 0. The minimum atomic E-state index is -1.20. The van der Waals surface area contributed by atoms with Gasteiger partial charge in [-0.25, -0.2) is 4.39 Å². The molecule has 0 bridgehead atoms. The number of halogens is 1. The number of aryl methyl sites for hydroxylation is 1. The van der Waals surface area contributed by atoms with Gasteiger partial charge in [-0.1, -0.05) is 69.3 Å². The Hall–Kier alpha value is -4.13. The third-order valence-corrected chi connectivity index (χ3v) is 6.15. The van der Waals surface area contributed by atoms with E-state index in [0.29, 0.717) is 24.5 Å². The summed E-state index contributed by atoms with van der Waals surface area (Å²) in [5, 5.41) is 15.5. The number of hydrogen-bond donors (Lipinski definition) is 0. The number of carbonyl (C=O) groups excluding carboxylic acids is 1. The molecular weight excluding hydrogens is 483 g/mol. The maximum atomic E-state index is 14.2. The van der Waals surface area contributed by atoms with Crippen LogP contribution in [0.1, 0.15) is 55.3 Å². The molecule has 0 spiro atoms. The van der Waals surface area contributed by atoms with Crippen LogP contribution >= 0.6 is 0 Å². The zero-order valence-electron chi connectivity index (χ0n) is 21.9. The summed E-state index contributed by atoms with van der Waals surface area (Å²) in [6.45, 7) is 7.73. The van der Waals surface area contributed by atoms with E-state index in [0.717, 1.165) is 28.3 Å². The molecule has 4 rings (SSSR count). The van der Waals surface area contributed by atoms with E-state index >= 15 is 0 Å². The number of rotatable bonds is 11. The quantitative estimate of drug-likeness (QED) is 0.274. The van der Waals surface area contributed by atoms with Gasteiger partial charge in [0.05, 0.1) is 17.9 Å². The van der Waals surface area contributed by atoms with Gasteiger partial charge in [-0.05, 0) is 53.8 Å². The van der Waals surface area contributed by atoms with Crippen LogP contribution in [0, 0.1) is 5.82 Å². The number of nitrogens with zero attached hydrogens (tertiary/aromatic N) is 2. The topological polar surface area (TPSA) is 76.4 Å². The van der Waals surface area contributed by atoms with Crippen molar-refractivity contribution in [2.75, 3.05) is 0 Å². The second-order valence-electron chi connectivity index (χ2n) is 10.3. The summed E-state index contributed by atoms with van der Waals surface area (Å²) < 4.78 is 28.0. The summed E-state index contributed by atoms with van der Waals surface area (Å²) in [4.78, 5) is 10.6. The van der Waals surface area contributed by atoms with Crippen LogP contribution in [0.5, 0.6) is 11.5 Å². The number of carbonyl (C=O) groups is 1. The van der Waals surface area contributed by atoms with Gasteiger partial charge in [-0.2, -0.15) is 5.10 Å². The summed E-state index contributed by atoms with van der Waals surface area (Å²) in [5.41, 5.74) is 4.27. The van der Waals surface area contributed by atoms with Crippen molar-refractivity contribution in [3.63, 3.8) is 0 Å². The van der Waals surface area contributed by atoms with Crippen molar-refractivity contribution in [2.45, 2.75) is 58.8 Å². The summed E-state index contributed by atoms with van der Waals surface area (Å²) in [6, 6.07) is 24.3. The van der Waals surface area contributed by atoms with Crippen molar-refractivity contribution in [2.24, 2.45) is 0 Å². The Balaban J connectivity index is 1.39. The van der Waals surface area contributed by atoms with E-state index in [1.807, 2.05) is 59.3 Å². The molecule has 0 N–H and O–H groups in total.